The van der Waals surface area contributed by atoms with Gasteiger partial charge in [-0.1, -0.05) is 19.1 Å². The largest absolute Gasteiger partial charge is 0.317 e. The van der Waals surface area contributed by atoms with Crippen molar-refractivity contribution in [3.8, 4) is 0 Å². The highest BCUT2D eigenvalue weighted by Gasteiger charge is 2.18. The molecule has 0 fully saturated rings. The van der Waals surface area contributed by atoms with Gasteiger partial charge in [0.15, 0.2) is 0 Å². The third-order valence-electron chi connectivity index (χ3n) is 2.82. The lowest BCUT2D eigenvalue weighted by atomic mass is 10.3. The van der Waals surface area contributed by atoms with Gasteiger partial charge in [-0.2, -0.15) is 0 Å². The Hall–Kier alpha value is -1.44. The SMILES string of the molecule is CCNCCc1ccc(S(=O)(=O)Nc2ccccc2F)s1. The zero-order valence-corrected chi connectivity index (χ0v) is 13.2. The number of anilines is 1. The van der Waals surface area contributed by atoms with E-state index in [-0.39, 0.29) is 9.90 Å². The Morgan fingerprint density at radius 3 is 2.67 bits per heavy atom. The maximum absolute atomic E-state index is 13.5. The van der Waals surface area contributed by atoms with Crippen molar-refractivity contribution in [1.29, 1.82) is 0 Å². The molecule has 0 saturated heterocycles. The van der Waals surface area contributed by atoms with Crippen molar-refractivity contribution in [3.63, 3.8) is 0 Å². The number of likely N-dealkylation sites (N-methyl/N-ethyl adjacent to an activating group) is 1. The lowest BCUT2D eigenvalue weighted by Gasteiger charge is -2.06. The predicted octanol–water partition coefficient (Wildman–Crippen LogP) is 2.84. The average Bonchev–Trinajstić information content (AvgIpc) is 2.91. The van der Waals surface area contributed by atoms with Gasteiger partial charge in [0.25, 0.3) is 10.0 Å². The standard InChI is InChI=1S/C14H17FN2O2S2/c1-2-16-10-9-11-7-8-14(20-11)21(18,19)17-13-6-4-3-5-12(13)15/h3-8,16-17H,2,9-10H2,1H3. The molecule has 1 aromatic heterocycles. The fourth-order valence-electron chi connectivity index (χ4n) is 1.76. The van der Waals surface area contributed by atoms with E-state index in [1.165, 1.54) is 29.5 Å². The maximum Gasteiger partial charge on any atom is 0.271 e. The van der Waals surface area contributed by atoms with Crippen molar-refractivity contribution in [2.75, 3.05) is 17.8 Å². The second-order valence-electron chi connectivity index (χ2n) is 4.41. The fraction of sp³-hybridized carbons (Fsp3) is 0.286. The number of nitrogens with one attached hydrogen (secondary N) is 2. The summed E-state index contributed by atoms with van der Waals surface area (Å²) in [5.41, 5.74) is -0.0416. The van der Waals surface area contributed by atoms with E-state index >= 15 is 0 Å². The number of thiophene rings is 1. The summed E-state index contributed by atoms with van der Waals surface area (Å²) in [6.07, 6.45) is 0.772. The zero-order chi connectivity index (χ0) is 15.3. The summed E-state index contributed by atoms with van der Waals surface area (Å²) in [5.74, 6) is -0.593. The van der Waals surface area contributed by atoms with E-state index in [1.807, 2.05) is 6.92 Å². The Kier molecular flexibility index (Phi) is 5.33. The van der Waals surface area contributed by atoms with E-state index in [0.29, 0.717) is 0 Å². The van der Waals surface area contributed by atoms with Gasteiger partial charge in [0.05, 0.1) is 5.69 Å². The van der Waals surface area contributed by atoms with Crippen LogP contribution in [0.25, 0.3) is 0 Å². The van der Waals surface area contributed by atoms with Crippen LogP contribution in [0.1, 0.15) is 11.8 Å². The molecular formula is C14H17FN2O2S2. The van der Waals surface area contributed by atoms with Crippen molar-refractivity contribution in [2.24, 2.45) is 0 Å². The van der Waals surface area contributed by atoms with Crippen LogP contribution in [-0.4, -0.2) is 21.5 Å². The topological polar surface area (TPSA) is 58.2 Å². The molecule has 114 valence electrons. The van der Waals surface area contributed by atoms with Gasteiger partial charge < -0.3 is 5.32 Å². The Labute approximate surface area is 128 Å². The molecule has 2 rings (SSSR count). The minimum absolute atomic E-state index is 0.0416. The van der Waals surface area contributed by atoms with Crippen LogP contribution in [0.15, 0.2) is 40.6 Å². The van der Waals surface area contributed by atoms with Crippen LogP contribution in [0.5, 0.6) is 0 Å². The first-order valence-corrected chi connectivity index (χ1v) is 8.89. The molecule has 0 aliphatic heterocycles. The van der Waals surface area contributed by atoms with Gasteiger partial charge in [0, 0.05) is 4.88 Å². The van der Waals surface area contributed by atoms with E-state index in [2.05, 4.69) is 10.0 Å². The minimum Gasteiger partial charge on any atom is -0.317 e. The lowest BCUT2D eigenvalue weighted by molar-refractivity contribution is 0.600. The number of benzene rings is 1. The van der Waals surface area contributed by atoms with Gasteiger partial charge in [0.2, 0.25) is 0 Å². The van der Waals surface area contributed by atoms with E-state index in [9.17, 15) is 12.8 Å². The molecule has 0 saturated carbocycles. The molecule has 7 heteroatoms. The quantitative estimate of drug-likeness (QED) is 0.769. The molecule has 2 aromatic rings. The average molecular weight is 328 g/mol. The summed E-state index contributed by atoms with van der Waals surface area (Å²) in [5, 5.41) is 3.18. The lowest BCUT2D eigenvalue weighted by Crippen LogP contribution is -2.15. The van der Waals surface area contributed by atoms with Crippen LogP contribution < -0.4 is 10.0 Å². The van der Waals surface area contributed by atoms with E-state index in [0.717, 1.165) is 24.4 Å². The smallest absolute Gasteiger partial charge is 0.271 e. The third kappa shape index (κ3) is 4.26. The van der Waals surface area contributed by atoms with Crippen LogP contribution >= 0.6 is 11.3 Å². The Bertz CT molecular complexity index is 699. The van der Waals surface area contributed by atoms with Gasteiger partial charge in [-0.25, -0.2) is 12.8 Å². The molecule has 4 nitrogen and oxygen atoms in total. The molecule has 0 radical (unpaired) electrons. The van der Waals surface area contributed by atoms with Crippen LogP contribution in [0.3, 0.4) is 0 Å². The van der Waals surface area contributed by atoms with Crippen LogP contribution in [0.2, 0.25) is 0 Å². The minimum atomic E-state index is -3.74. The second kappa shape index (κ2) is 7.02. The summed E-state index contributed by atoms with van der Waals surface area (Å²) in [6, 6.07) is 9.04. The number of halogens is 1. The van der Waals surface area contributed by atoms with Gasteiger partial charge >= 0.3 is 0 Å². The molecule has 1 aromatic carbocycles. The third-order valence-corrected chi connectivity index (χ3v) is 5.82. The molecule has 2 N–H and O–H groups in total. The number of hydrogen-bond donors (Lipinski definition) is 2. The van der Waals surface area contributed by atoms with Gasteiger partial charge in [-0.15, -0.1) is 11.3 Å². The van der Waals surface area contributed by atoms with Gasteiger partial charge in [-0.05, 0) is 43.8 Å². The molecule has 0 atom stereocenters. The molecule has 0 bridgehead atoms. The van der Waals surface area contributed by atoms with Gasteiger partial charge in [-0.3, -0.25) is 4.72 Å². The van der Waals surface area contributed by atoms with E-state index < -0.39 is 15.8 Å². The summed E-state index contributed by atoms with van der Waals surface area (Å²) in [7, 11) is -3.74. The first-order valence-electron chi connectivity index (χ1n) is 6.59. The molecule has 21 heavy (non-hydrogen) atoms. The fourth-order valence-corrected chi connectivity index (χ4v) is 4.19. The van der Waals surface area contributed by atoms with Crippen LogP contribution in [-0.2, 0) is 16.4 Å². The zero-order valence-electron chi connectivity index (χ0n) is 11.6. The highest BCUT2D eigenvalue weighted by atomic mass is 32.2. The van der Waals surface area contributed by atoms with Crippen molar-refractivity contribution in [3.05, 3.63) is 47.1 Å². The molecular weight excluding hydrogens is 311 g/mol. The number of hydrogen-bond acceptors (Lipinski definition) is 4. The van der Waals surface area contributed by atoms with Crippen molar-refractivity contribution in [1.82, 2.24) is 5.32 Å². The summed E-state index contributed by atoms with van der Waals surface area (Å²) in [4.78, 5) is 0.977. The summed E-state index contributed by atoms with van der Waals surface area (Å²) in [6.45, 7) is 3.70. The highest BCUT2D eigenvalue weighted by molar-refractivity contribution is 7.94. The Balaban J connectivity index is 2.11. The highest BCUT2D eigenvalue weighted by Crippen LogP contribution is 2.25. The summed E-state index contributed by atoms with van der Waals surface area (Å²) >= 11 is 1.20. The monoisotopic (exact) mass is 328 g/mol. The Morgan fingerprint density at radius 1 is 1.19 bits per heavy atom. The Morgan fingerprint density at radius 2 is 1.95 bits per heavy atom. The van der Waals surface area contributed by atoms with Gasteiger partial charge in [0.1, 0.15) is 10.0 Å². The molecule has 0 unspecified atom stereocenters. The number of para-hydroxylation sites is 1. The van der Waals surface area contributed by atoms with Crippen LogP contribution in [0.4, 0.5) is 10.1 Å². The molecule has 0 aliphatic carbocycles. The predicted molar refractivity (Wildman–Crippen MR) is 83.8 cm³/mol. The maximum atomic E-state index is 13.5. The first kappa shape index (κ1) is 15.9. The summed E-state index contributed by atoms with van der Waals surface area (Å²) < 4.78 is 40.4. The van der Waals surface area contributed by atoms with Crippen molar-refractivity contribution < 1.29 is 12.8 Å². The molecule has 0 amide bonds. The molecule has 0 aliphatic rings. The van der Waals surface area contributed by atoms with Crippen molar-refractivity contribution >= 4 is 27.0 Å². The van der Waals surface area contributed by atoms with E-state index in [1.54, 1.807) is 18.2 Å². The van der Waals surface area contributed by atoms with Crippen molar-refractivity contribution in [2.45, 2.75) is 17.6 Å². The van der Waals surface area contributed by atoms with Crippen LogP contribution in [0, 0.1) is 5.82 Å². The molecule has 1 heterocycles. The molecule has 0 spiro atoms. The van der Waals surface area contributed by atoms with E-state index in [4.69, 9.17) is 0 Å². The number of sulfonamides is 1. The number of rotatable bonds is 7. The normalized spacial score (nSPS) is 11.5. The first-order chi connectivity index (χ1) is 10.0. The second-order valence-corrected chi connectivity index (χ2v) is 7.49.